The van der Waals surface area contributed by atoms with Crippen LogP contribution < -0.4 is 10.9 Å². The maximum atomic E-state index is 12.6. The predicted molar refractivity (Wildman–Crippen MR) is 163 cm³/mol. The van der Waals surface area contributed by atoms with Crippen LogP contribution in [0.4, 0.5) is 0 Å². The number of carbonyl (C=O) groups excluding carboxylic acids is 1. The van der Waals surface area contributed by atoms with Crippen LogP contribution in [0, 0.1) is 18.8 Å². The smallest absolute Gasteiger partial charge is 0.325 e. The molecule has 0 fully saturated rings. The van der Waals surface area contributed by atoms with E-state index in [1.54, 1.807) is 18.5 Å². The number of nitrogens with one attached hydrogen (secondary N) is 1. The van der Waals surface area contributed by atoms with E-state index in [1.165, 1.54) is 0 Å². The number of fused-ring (bicyclic) bond motifs is 1. The van der Waals surface area contributed by atoms with Gasteiger partial charge in [-0.05, 0) is 62.3 Å². The van der Waals surface area contributed by atoms with Crippen molar-refractivity contribution in [3.63, 3.8) is 0 Å². The molecule has 0 spiro atoms. The van der Waals surface area contributed by atoms with Crippen LogP contribution in [0.2, 0.25) is 0 Å². The molecule has 226 valence electrons. The molecule has 3 atom stereocenters. The van der Waals surface area contributed by atoms with Gasteiger partial charge >= 0.3 is 5.97 Å². The van der Waals surface area contributed by atoms with E-state index in [2.05, 4.69) is 30.7 Å². The lowest BCUT2D eigenvalue weighted by atomic mass is 10.1. The average Bonchev–Trinajstić information content (AvgIpc) is 3.25. The molecule has 2 N–H and O–H groups in total. The molecule has 3 aromatic rings. The van der Waals surface area contributed by atoms with Gasteiger partial charge in [0.2, 0.25) is 0 Å². The molecule has 1 aromatic carbocycles. The molecule has 0 aliphatic rings. The number of ether oxygens (including phenoxy) is 2. The number of carbonyl (C=O) groups is 1. The van der Waals surface area contributed by atoms with E-state index >= 15 is 0 Å². The van der Waals surface area contributed by atoms with Gasteiger partial charge in [0.15, 0.2) is 0 Å². The van der Waals surface area contributed by atoms with Crippen LogP contribution in [0.15, 0.2) is 35.3 Å². The van der Waals surface area contributed by atoms with Crippen molar-refractivity contribution in [1.82, 2.24) is 19.4 Å². The molecular formula is C32H48N4O5. The Morgan fingerprint density at radius 3 is 2.46 bits per heavy atom. The van der Waals surface area contributed by atoms with Crippen molar-refractivity contribution in [2.24, 2.45) is 18.9 Å². The second-order valence-corrected chi connectivity index (χ2v) is 11.9. The van der Waals surface area contributed by atoms with Crippen LogP contribution in [-0.2, 0) is 34.4 Å². The second-order valence-electron chi connectivity index (χ2n) is 11.9. The molecule has 9 nitrogen and oxygen atoms in total. The van der Waals surface area contributed by atoms with E-state index in [-0.39, 0.29) is 17.6 Å². The first-order valence-corrected chi connectivity index (χ1v) is 14.8. The van der Waals surface area contributed by atoms with Crippen molar-refractivity contribution in [1.29, 1.82) is 0 Å². The van der Waals surface area contributed by atoms with Crippen LogP contribution in [-0.4, -0.2) is 56.7 Å². The zero-order valence-corrected chi connectivity index (χ0v) is 25.9. The Bertz CT molecular complexity index is 1330. The van der Waals surface area contributed by atoms with Gasteiger partial charge in [0, 0.05) is 37.5 Å². The van der Waals surface area contributed by atoms with Gasteiger partial charge in [0.25, 0.3) is 5.56 Å². The molecule has 2 aromatic heterocycles. The fraction of sp³-hybridized carbons (Fsp3) is 0.594. The molecule has 0 amide bonds. The first-order valence-electron chi connectivity index (χ1n) is 14.8. The van der Waals surface area contributed by atoms with Gasteiger partial charge in [0.05, 0.1) is 36.4 Å². The molecule has 2 heterocycles. The van der Waals surface area contributed by atoms with E-state index in [0.29, 0.717) is 37.8 Å². The Morgan fingerprint density at radius 1 is 1.12 bits per heavy atom. The van der Waals surface area contributed by atoms with Crippen LogP contribution in [0.25, 0.3) is 22.4 Å². The Kier molecular flexibility index (Phi) is 11.7. The molecular weight excluding hydrogens is 520 g/mol. The zero-order valence-electron chi connectivity index (χ0n) is 25.9. The molecule has 0 aliphatic carbocycles. The number of hydrogen-bond acceptors (Lipinski definition) is 7. The highest BCUT2D eigenvalue weighted by Crippen LogP contribution is 2.27. The standard InChI is InChI=1S/C32H48N4O5/c1-9-12-40-26(13-20(2)3)18-36-28-11-10-24(16-33-29(23(7)37)32(39)41-19-21(4)5)15-27(28)34-30(36)25-14-22(6)31(38)35(8)17-25/h10-11,14-15,17,20-21,23,26,29,33,37H,9,12-13,16,18-19H2,1-8H3/t23-,26?,29?/m1/s1. The van der Waals surface area contributed by atoms with E-state index in [0.717, 1.165) is 40.8 Å². The Balaban J connectivity index is 1.99. The zero-order chi connectivity index (χ0) is 30.3. The summed E-state index contributed by atoms with van der Waals surface area (Å²) in [6.07, 6.45) is 2.81. The Morgan fingerprint density at radius 2 is 1.85 bits per heavy atom. The minimum absolute atomic E-state index is 0.0183. The molecule has 0 bridgehead atoms. The monoisotopic (exact) mass is 568 g/mol. The number of imidazole rings is 1. The molecule has 3 rings (SSSR count). The molecule has 9 heteroatoms. The summed E-state index contributed by atoms with van der Waals surface area (Å²) in [7, 11) is 1.76. The third-order valence-electron chi connectivity index (χ3n) is 6.93. The average molecular weight is 569 g/mol. The Hall–Kier alpha value is -3.01. The number of nitrogens with zero attached hydrogens (tertiary/aromatic N) is 3. The summed E-state index contributed by atoms with van der Waals surface area (Å²) in [6, 6.07) is 7.10. The number of aromatic nitrogens is 3. The first kappa shape index (κ1) is 32.5. The number of aliphatic hydroxyl groups excluding tert-OH is 1. The van der Waals surface area contributed by atoms with Crippen molar-refractivity contribution in [2.45, 2.75) is 92.6 Å². The summed E-state index contributed by atoms with van der Waals surface area (Å²) < 4.78 is 15.4. The summed E-state index contributed by atoms with van der Waals surface area (Å²) in [5, 5.41) is 13.4. The highest BCUT2D eigenvalue weighted by atomic mass is 16.5. The topological polar surface area (TPSA) is 108 Å². The van der Waals surface area contributed by atoms with Crippen LogP contribution in [0.5, 0.6) is 0 Å². The number of rotatable bonds is 15. The summed E-state index contributed by atoms with van der Waals surface area (Å²) in [6.45, 7) is 15.8. The Labute approximate surface area is 243 Å². The fourth-order valence-electron chi connectivity index (χ4n) is 4.92. The van der Waals surface area contributed by atoms with Gasteiger partial charge in [-0.2, -0.15) is 0 Å². The quantitative estimate of drug-likeness (QED) is 0.258. The normalized spacial score (nSPS) is 14.1. The molecule has 41 heavy (non-hydrogen) atoms. The highest BCUT2D eigenvalue weighted by Gasteiger charge is 2.25. The SMILES string of the molecule is CCCOC(CC(C)C)Cn1c(-c2cc(C)c(=O)n(C)c2)nc2cc(CNC(C(=O)OCC(C)C)[C@@H](C)O)ccc21. The number of pyridine rings is 1. The van der Waals surface area contributed by atoms with Gasteiger partial charge in [-0.25, -0.2) is 4.98 Å². The van der Waals surface area contributed by atoms with Crippen molar-refractivity contribution in [2.75, 3.05) is 13.2 Å². The van der Waals surface area contributed by atoms with E-state index < -0.39 is 18.1 Å². The lowest BCUT2D eigenvalue weighted by Crippen LogP contribution is -2.45. The van der Waals surface area contributed by atoms with Crippen LogP contribution >= 0.6 is 0 Å². The van der Waals surface area contributed by atoms with Crippen molar-refractivity contribution in [3.8, 4) is 11.4 Å². The minimum atomic E-state index is -0.904. The third-order valence-corrected chi connectivity index (χ3v) is 6.93. The lowest BCUT2D eigenvalue weighted by Gasteiger charge is -2.22. The molecule has 0 aliphatic heterocycles. The van der Waals surface area contributed by atoms with E-state index in [1.807, 2.05) is 51.2 Å². The number of hydrogen-bond donors (Lipinski definition) is 2. The van der Waals surface area contributed by atoms with Gasteiger partial charge < -0.3 is 23.7 Å². The number of esters is 1. The maximum Gasteiger partial charge on any atom is 0.325 e. The molecule has 0 radical (unpaired) electrons. The lowest BCUT2D eigenvalue weighted by molar-refractivity contribution is -0.150. The largest absolute Gasteiger partial charge is 0.464 e. The van der Waals surface area contributed by atoms with Gasteiger partial charge in [-0.3, -0.25) is 14.9 Å². The summed E-state index contributed by atoms with van der Waals surface area (Å²) in [5.41, 5.74) is 4.18. The summed E-state index contributed by atoms with van der Waals surface area (Å²) in [4.78, 5) is 30.0. The van der Waals surface area contributed by atoms with Gasteiger partial charge in [-0.1, -0.05) is 40.7 Å². The van der Waals surface area contributed by atoms with E-state index in [4.69, 9.17) is 14.5 Å². The third kappa shape index (κ3) is 8.74. The predicted octanol–water partition coefficient (Wildman–Crippen LogP) is 4.59. The fourth-order valence-corrected chi connectivity index (χ4v) is 4.92. The number of benzene rings is 1. The molecule has 0 saturated heterocycles. The van der Waals surface area contributed by atoms with Gasteiger partial charge in [-0.15, -0.1) is 0 Å². The maximum absolute atomic E-state index is 12.6. The first-order chi connectivity index (χ1) is 19.4. The number of aryl methyl sites for hydroxylation is 2. The minimum Gasteiger partial charge on any atom is -0.464 e. The number of aliphatic hydroxyl groups is 1. The van der Waals surface area contributed by atoms with Crippen molar-refractivity contribution >= 4 is 17.0 Å². The summed E-state index contributed by atoms with van der Waals surface area (Å²) >= 11 is 0. The van der Waals surface area contributed by atoms with Crippen LogP contribution in [0.1, 0.15) is 65.5 Å². The highest BCUT2D eigenvalue weighted by molar-refractivity contribution is 5.81. The van der Waals surface area contributed by atoms with Crippen LogP contribution in [0.3, 0.4) is 0 Å². The van der Waals surface area contributed by atoms with Gasteiger partial charge in [0.1, 0.15) is 11.9 Å². The second kappa shape index (κ2) is 14.8. The van der Waals surface area contributed by atoms with Crippen molar-refractivity contribution in [3.05, 3.63) is 51.9 Å². The van der Waals surface area contributed by atoms with Crippen molar-refractivity contribution < 1.29 is 19.4 Å². The molecule has 2 unspecified atom stereocenters. The molecule has 0 saturated carbocycles. The van der Waals surface area contributed by atoms with E-state index in [9.17, 15) is 14.7 Å². The summed E-state index contributed by atoms with van der Waals surface area (Å²) in [5.74, 6) is 0.997.